The molecule has 1 atom stereocenters. The zero-order valence-corrected chi connectivity index (χ0v) is 13.0. The van der Waals surface area contributed by atoms with Gasteiger partial charge in [-0.25, -0.2) is 0 Å². The van der Waals surface area contributed by atoms with Crippen LogP contribution in [0.4, 0.5) is 0 Å². The predicted octanol–water partition coefficient (Wildman–Crippen LogP) is 3.73. The summed E-state index contributed by atoms with van der Waals surface area (Å²) < 4.78 is 1.47. The molecule has 0 spiro atoms. The van der Waals surface area contributed by atoms with Gasteiger partial charge >= 0.3 is 0 Å². The summed E-state index contributed by atoms with van der Waals surface area (Å²) in [7, 11) is 0. The first-order chi connectivity index (χ1) is 7.37. The fourth-order valence-electron chi connectivity index (χ4n) is 1.30. The summed E-state index contributed by atoms with van der Waals surface area (Å²) in [6, 6.07) is 8.35. The van der Waals surface area contributed by atoms with Crippen molar-refractivity contribution in [3.63, 3.8) is 0 Å². The van der Waals surface area contributed by atoms with Crippen molar-refractivity contribution in [2.45, 2.75) is 38.0 Å². The maximum absolute atomic E-state index is 9.91. The largest absolute Gasteiger partial charge is 0.392 e. The van der Waals surface area contributed by atoms with Crippen molar-refractivity contribution < 1.29 is 5.11 Å². The maximum Gasteiger partial charge on any atom is 0.0671 e. The zero-order valence-electron chi connectivity index (χ0n) is 10.0. The monoisotopic (exact) mass is 350 g/mol. The van der Waals surface area contributed by atoms with Crippen molar-refractivity contribution in [3.8, 4) is 0 Å². The lowest BCUT2D eigenvalue weighted by Gasteiger charge is -2.20. The van der Waals surface area contributed by atoms with E-state index in [1.807, 2.05) is 11.8 Å². The van der Waals surface area contributed by atoms with Gasteiger partial charge in [-0.2, -0.15) is 11.8 Å². The first kappa shape index (κ1) is 14.3. The zero-order chi connectivity index (χ0) is 12.2. The van der Waals surface area contributed by atoms with Crippen LogP contribution >= 0.6 is 34.4 Å². The normalized spacial score (nSPS) is 13.8. The molecule has 1 rings (SSSR count). The van der Waals surface area contributed by atoms with Gasteiger partial charge in [0, 0.05) is 14.1 Å². The molecule has 0 fully saturated rings. The third kappa shape index (κ3) is 6.11. The average Bonchev–Trinajstić information content (AvgIpc) is 2.18. The second-order valence-electron chi connectivity index (χ2n) is 4.91. The van der Waals surface area contributed by atoms with Crippen LogP contribution in [0.2, 0.25) is 0 Å². The molecule has 0 aromatic heterocycles. The second-order valence-corrected chi connectivity index (χ2v) is 8.00. The van der Waals surface area contributed by atoms with E-state index in [1.165, 1.54) is 9.13 Å². The molecular formula is C13H19IOS. The molecule has 1 unspecified atom stereocenters. The topological polar surface area (TPSA) is 20.2 Å². The third-order valence-corrected chi connectivity index (χ3v) is 4.23. The Morgan fingerprint density at radius 2 is 1.81 bits per heavy atom. The van der Waals surface area contributed by atoms with E-state index in [4.69, 9.17) is 0 Å². The highest BCUT2D eigenvalue weighted by atomic mass is 127. The Kier molecular flexibility index (Phi) is 5.61. The molecule has 0 radical (unpaired) electrons. The van der Waals surface area contributed by atoms with Gasteiger partial charge in [0.2, 0.25) is 0 Å². The first-order valence-electron chi connectivity index (χ1n) is 5.43. The van der Waals surface area contributed by atoms with Crippen LogP contribution in [0.3, 0.4) is 0 Å². The van der Waals surface area contributed by atoms with E-state index >= 15 is 0 Å². The van der Waals surface area contributed by atoms with Gasteiger partial charge in [0.1, 0.15) is 0 Å². The van der Waals surface area contributed by atoms with Gasteiger partial charge in [-0.05, 0) is 46.7 Å². The van der Waals surface area contributed by atoms with Gasteiger partial charge in [0.25, 0.3) is 0 Å². The van der Waals surface area contributed by atoms with Crippen molar-refractivity contribution in [1.29, 1.82) is 0 Å². The SMILES string of the molecule is CC(C)(C)SCC(O)Cc1ccc(I)cc1. The summed E-state index contributed by atoms with van der Waals surface area (Å²) >= 11 is 4.10. The molecule has 16 heavy (non-hydrogen) atoms. The van der Waals surface area contributed by atoms with E-state index in [-0.39, 0.29) is 10.9 Å². The first-order valence-corrected chi connectivity index (χ1v) is 7.50. The van der Waals surface area contributed by atoms with Gasteiger partial charge in [-0.3, -0.25) is 0 Å². The van der Waals surface area contributed by atoms with Gasteiger partial charge in [-0.15, -0.1) is 0 Å². The average molecular weight is 350 g/mol. The molecule has 0 aliphatic rings. The molecule has 0 aliphatic heterocycles. The molecule has 3 heteroatoms. The number of halogens is 1. The molecule has 1 aromatic carbocycles. The minimum atomic E-state index is -0.246. The number of hydrogen-bond donors (Lipinski definition) is 1. The van der Waals surface area contributed by atoms with Crippen LogP contribution < -0.4 is 0 Å². The van der Waals surface area contributed by atoms with Crippen molar-refractivity contribution in [2.75, 3.05) is 5.75 Å². The van der Waals surface area contributed by atoms with Gasteiger partial charge in [0.05, 0.1) is 6.10 Å². The summed E-state index contributed by atoms with van der Waals surface area (Å²) in [5.41, 5.74) is 1.21. The lowest BCUT2D eigenvalue weighted by molar-refractivity contribution is 0.200. The molecule has 90 valence electrons. The Morgan fingerprint density at radius 1 is 1.25 bits per heavy atom. The van der Waals surface area contributed by atoms with E-state index in [2.05, 4.69) is 67.6 Å². The maximum atomic E-state index is 9.91. The highest BCUT2D eigenvalue weighted by Gasteiger charge is 2.14. The molecule has 1 nitrogen and oxygen atoms in total. The van der Waals surface area contributed by atoms with Crippen LogP contribution in [0.15, 0.2) is 24.3 Å². The van der Waals surface area contributed by atoms with E-state index < -0.39 is 0 Å². The Labute approximate surface area is 116 Å². The fourth-order valence-corrected chi connectivity index (χ4v) is 2.47. The number of thioether (sulfide) groups is 1. The number of aliphatic hydroxyl groups excluding tert-OH is 1. The number of benzene rings is 1. The van der Waals surface area contributed by atoms with Crippen molar-refractivity contribution in [3.05, 3.63) is 33.4 Å². The second kappa shape index (κ2) is 6.26. The minimum Gasteiger partial charge on any atom is -0.392 e. The summed E-state index contributed by atoms with van der Waals surface area (Å²) in [6.07, 6.45) is 0.504. The standard InChI is InChI=1S/C13H19IOS/c1-13(2,3)16-9-12(15)8-10-4-6-11(14)7-5-10/h4-7,12,15H,8-9H2,1-3H3. The fraction of sp³-hybridized carbons (Fsp3) is 0.538. The van der Waals surface area contributed by atoms with Crippen LogP contribution in [0.5, 0.6) is 0 Å². The number of hydrogen-bond acceptors (Lipinski definition) is 2. The molecular weight excluding hydrogens is 331 g/mol. The predicted molar refractivity (Wildman–Crippen MR) is 81.1 cm³/mol. The Balaban J connectivity index is 2.39. The molecule has 0 heterocycles. The molecule has 1 N–H and O–H groups in total. The van der Waals surface area contributed by atoms with E-state index in [1.54, 1.807) is 0 Å². The molecule has 0 bridgehead atoms. The molecule has 1 aromatic rings. The highest BCUT2D eigenvalue weighted by Crippen LogP contribution is 2.24. The van der Waals surface area contributed by atoms with Crippen LogP contribution in [0.25, 0.3) is 0 Å². The van der Waals surface area contributed by atoms with Crippen LogP contribution in [0.1, 0.15) is 26.3 Å². The summed E-state index contributed by atoms with van der Waals surface area (Å²) in [5.74, 6) is 0.801. The van der Waals surface area contributed by atoms with Gasteiger partial charge in [-0.1, -0.05) is 32.9 Å². The van der Waals surface area contributed by atoms with Gasteiger partial charge in [0.15, 0.2) is 0 Å². The summed E-state index contributed by atoms with van der Waals surface area (Å²) in [4.78, 5) is 0. The smallest absolute Gasteiger partial charge is 0.0671 e. The lowest BCUT2D eigenvalue weighted by Crippen LogP contribution is -2.18. The number of aliphatic hydroxyl groups is 1. The Morgan fingerprint density at radius 3 is 2.31 bits per heavy atom. The van der Waals surface area contributed by atoms with Crippen LogP contribution in [-0.4, -0.2) is 21.7 Å². The Bertz CT molecular complexity index is 316. The number of rotatable bonds is 4. The van der Waals surface area contributed by atoms with E-state index in [0.717, 1.165) is 12.2 Å². The summed E-state index contributed by atoms with van der Waals surface area (Å²) in [5, 5.41) is 9.91. The van der Waals surface area contributed by atoms with Crippen molar-refractivity contribution in [1.82, 2.24) is 0 Å². The highest BCUT2D eigenvalue weighted by molar-refractivity contribution is 14.1. The van der Waals surface area contributed by atoms with Crippen molar-refractivity contribution >= 4 is 34.4 Å². The molecule has 0 aliphatic carbocycles. The third-order valence-electron chi connectivity index (χ3n) is 2.09. The van der Waals surface area contributed by atoms with E-state index in [0.29, 0.717) is 0 Å². The van der Waals surface area contributed by atoms with Crippen molar-refractivity contribution in [2.24, 2.45) is 0 Å². The summed E-state index contributed by atoms with van der Waals surface area (Å²) in [6.45, 7) is 6.53. The van der Waals surface area contributed by atoms with Gasteiger partial charge < -0.3 is 5.11 Å². The molecule has 0 amide bonds. The Hall–Kier alpha value is 0.260. The van der Waals surface area contributed by atoms with Crippen LogP contribution in [-0.2, 0) is 6.42 Å². The van der Waals surface area contributed by atoms with E-state index in [9.17, 15) is 5.11 Å². The lowest BCUT2D eigenvalue weighted by atomic mass is 10.1. The van der Waals surface area contributed by atoms with Crippen LogP contribution in [0, 0.1) is 3.57 Å². The quantitative estimate of drug-likeness (QED) is 0.835. The molecule has 0 saturated carbocycles. The molecule has 0 saturated heterocycles. The minimum absolute atomic E-state index is 0.229.